The maximum absolute atomic E-state index is 12.0. The number of hydrogen-bond donors (Lipinski definition) is 0. The van der Waals surface area contributed by atoms with E-state index in [-0.39, 0.29) is 18.2 Å². The van der Waals surface area contributed by atoms with Gasteiger partial charge in [0.05, 0.1) is 0 Å². The molecule has 1 aliphatic carbocycles. The molecule has 3 heteroatoms. The lowest BCUT2D eigenvalue weighted by atomic mass is 10.1. The number of rotatable bonds is 0. The molecule has 0 radical (unpaired) electrons. The van der Waals surface area contributed by atoms with E-state index in [0.29, 0.717) is 0 Å². The number of carbonyl (C=O) groups excluding carboxylic acids is 1. The first kappa shape index (κ1) is 12.0. The minimum absolute atomic E-state index is 0.0788. The maximum atomic E-state index is 12.0. The van der Waals surface area contributed by atoms with Crippen molar-refractivity contribution in [3.8, 4) is 12.0 Å². The topological polar surface area (TPSA) is 29.5 Å². The number of carbonyl (C=O) groups is 1. The van der Waals surface area contributed by atoms with Gasteiger partial charge in [-0.15, -0.1) is 0 Å². The van der Waals surface area contributed by atoms with Crippen molar-refractivity contribution in [1.82, 2.24) is 4.90 Å². The Labute approximate surface area is 123 Å². The molecule has 1 fully saturated rings. The lowest BCUT2D eigenvalue weighted by molar-refractivity contribution is 0.134. The summed E-state index contributed by atoms with van der Waals surface area (Å²) in [4.78, 5) is 13.6. The van der Waals surface area contributed by atoms with Crippen LogP contribution in [-0.4, -0.2) is 17.1 Å². The molecule has 4 rings (SSSR count). The van der Waals surface area contributed by atoms with Crippen LogP contribution in [0, 0.1) is 12.0 Å². The van der Waals surface area contributed by atoms with Gasteiger partial charge in [0.2, 0.25) is 0 Å². The molecule has 0 bridgehead atoms. The molecule has 1 amide bonds. The first-order valence-corrected chi connectivity index (χ1v) is 6.97. The standard InChI is InChI=1S/C18H13NO2/c20-18-19(11-10-13-6-2-1-3-7-13)17-15-9-5-4-8-14(15)12-16(17)21-18/h1-9,16-17H,12H2/t16-,17+/m0/s1. The lowest BCUT2D eigenvalue weighted by Gasteiger charge is -2.14. The molecule has 1 saturated heterocycles. The summed E-state index contributed by atoms with van der Waals surface area (Å²) in [7, 11) is 0. The van der Waals surface area contributed by atoms with Crippen LogP contribution in [0.3, 0.4) is 0 Å². The summed E-state index contributed by atoms with van der Waals surface area (Å²) < 4.78 is 5.45. The third-order valence-electron chi connectivity index (χ3n) is 3.97. The molecular weight excluding hydrogens is 262 g/mol. The van der Waals surface area contributed by atoms with Crippen LogP contribution < -0.4 is 0 Å². The number of hydrogen-bond acceptors (Lipinski definition) is 2. The van der Waals surface area contributed by atoms with Crippen molar-refractivity contribution in [1.29, 1.82) is 0 Å². The number of ether oxygens (including phenoxy) is 1. The second-order valence-electron chi connectivity index (χ2n) is 5.24. The second-order valence-corrected chi connectivity index (χ2v) is 5.24. The van der Waals surface area contributed by atoms with Crippen molar-refractivity contribution < 1.29 is 9.53 Å². The number of benzene rings is 2. The molecule has 2 atom stereocenters. The molecule has 21 heavy (non-hydrogen) atoms. The summed E-state index contributed by atoms with van der Waals surface area (Å²) in [6, 6.07) is 20.7. The predicted octanol–water partition coefficient (Wildman–Crippen LogP) is 3.11. The molecular formula is C18H13NO2. The van der Waals surface area contributed by atoms with Gasteiger partial charge in [0.1, 0.15) is 12.1 Å². The van der Waals surface area contributed by atoms with Crippen LogP contribution in [0.1, 0.15) is 22.7 Å². The van der Waals surface area contributed by atoms with Crippen molar-refractivity contribution in [2.45, 2.75) is 18.6 Å². The van der Waals surface area contributed by atoms with Crippen molar-refractivity contribution in [2.24, 2.45) is 0 Å². The van der Waals surface area contributed by atoms with E-state index in [1.54, 1.807) is 0 Å². The molecule has 2 aromatic rings. The summed E-state index contributed by atoms with van der Waals surface area (Å²) in [5.74, 6) is 3.04. The van der Waals surface area contributed by atoms with Crippen LogP contribution in [-0.2, 0) is 11.2 Å². The van der Waals surface area contributed by atoms with Gasteiger partial charge in [0.15, 0.2) is 0 Å². The van der Waals surface area contributed by atoms with Crippen molar-refractivity contribution >= 4 is 6.09 Å². The highest BCUT2D eigenvalue weighted by atomic mass is 16.6. The van der Waals surface area contributed by atoms with Crippen molar-refractivity contribution in [3.63, 3.8) is 0 Å². The van der Waals surface area contributed by atoms with Gasteiger partial charge in [-0.05, 0) is 29.2 Å². The minimum Gasteiger partial charge on any atom is -0.442 e. The van der Waals surface area contributed by atoms with E-state index in [1.165, 1.54) is 10.5 Å². The van der Waals surface area contributed by atoms with Gasteiger partial charge in [-0.3, -0.25) is 0 Å². The van der Waals surface area contributed by atoms with E-state index in [0.717, 1.165) is 17.5 Å². The first-order valence-electron chi connectivity index (χ1n) is 6.97. The maximum Gasteiger partial charge on any atom is 0.422 e. The summed E-state index contributed by atoms with van der Waals surface area (Å²) in [5.41, 5.74) is 3.28. The quantitative estimate of drug-likeness (QED) is 0.691. The van der Waals surface area contributed by atoms with Crippen LogP contribution >= 0.6 is 0 Å². The number of fused-ring (bicyclic) bond motifs is 3. The number of nitrogens with zero attached hydrogens (tertiary/aromatic N) is 1. The molecule has 0 saturated carbocycles. The zero-order valence-electron chi connectivity index (χ0n) is 11.3. The highest BCUT2D eigenvalue weighted by Crippen LogP contribution is 2.41. The lowest BCUT2D eigenvalue weighted by Crippen LogP contribution is -2.22. The third kappa shape index (κ3) is 1.96. The Kier molecular flexibility index (Phi) is 2.68. The Bertz CT molecular complexity index is 758. The normalized spacial score (nSPS) is 22.1. The Morgan fingerprint density at radius 3 is 2.67 bits per heavy atom. The zero-order chi connectivity index (χ0) is 14.2. The fourth-order valence-electron chi connectivity index (χ4n) is 3.01. The summed E-state index contributed by atoms with van der Waals surface area (Å²) in [5, 5.41) is 0. The van der Waals surface area contributed by atoms with Gasteiger partial charge in [-0.2, -0.15) is 0 Å². The summed E-state index contributed by atoms with van der Waals surface area (Å²) in [6.07, 6.45) is 0.318. The molecule has 3 nitrogen and oxygen atoms in total. The summed E-state index contributed by atoms with van der Waals surface area (Å²) >= 11 is 0. The minimum atomic E-state index is -0.345. The Morgan fingerprint density at radius 1 is 1.05 bits per heavy atom. The Balaban J connectivity index is 1.70. The molecule has 1 heterocycles. The Hall–Kier alpha value is -2.73. The van der Waals surface area contributed by atoms with E-state index in [2.05, 4.69) is 24.1 Å². The molecule has 2 aromatic carbocycles. The fourth-order valence-corrected chi connectivity index (χ4v) is 3.01. The van der Waals surface area contributed by atoms with Crippen LogP contribution in [0.5, 0.6) is 0 Å². The van der Waals surface area contributed by atoms with Crippen LogP contribution in [0.2, 0.25) is 0 Å². The van der Waals surface area contributed by atoms with E-state index in [1.807, 2.05) is 42.5 Å². The average Bonchev–Trinajstić information content (AvgIpc) is 3.01. The third-order valence-corrected chi connectivity index (χ3v) is 3.97. The van der Waals surface area contributed by atoms with Gasteiger partial charge in [0.25, 0.3) is 0 Å². The van der Waals surface area contributed by atoms with Crippen LogP contribution in [0.15, 0.2) is 54.6 Å². The van der Waals surface area contributed by atoms with Gasteiger partial charge >= 0.3 is 6.09 Å². The van der Waals surface area contributed by atoms with E-state index in [4.69, 9.17) is 4.74 Å². The number of amides is 1. The van der Waals surface area contributed by atoms with E-state index >= 15 is 0 Å². The van der Waals surface area contributed by atoms with Crippen LogP contribution in [0.4, 0.5) is 4.79 Å². The zero-order valence-corrected chi connectivity index (χ0v) is 11.3. The predicted molar refractivity (Wildman–Crippen MR) is 78.3 cm³/mol. The Morgan fingerprint density at radius 2 is 1.81 bits per heavy atom. The molecule has 0 N–H and O–H groups in total. The van der Waals surface area contributed by atoms with E-state index in [9.17, 15) is 4.79 Å². The molecule has 102 valence electrons. The highest BCUT2D eigenvalue weighted by molar-refractivity contribution is 5.74. The highest BCUT2D eigenvalue weighted by Gasteiger charge is 2.47. The second kappa shape index (κ2) is 4.68. The van der Waals surface area contributed by atoms with Crippen LogP contribution in [0.25, 0.3) is 0 Å². The molecule has 1 aliphatic heterocycles. The molecule has 0 unspecified atom stereocenters. The van der Waals surface area contributed by atoms with Gasteiger partial charge in [0, 0.05) is 18.0 Å². The van der Waals surface area contributed by atoms with Gasteiger partial charge in [-0.1, -0.05) is 42.5 Å². The molecule has 2 aliphatic rings. The average molecular weight is 275 g/mol. The van der Waals surface area contributed by atoms with Gasteiger partial charge in [-0.25, -0.2) is 9.69 Å². The fraction of sp³-hybridized carbons (Fsp3) is 0.167. The first-order chi connectivity index (χ1) is 10.3. The summed E-state index contributed by atoms with van der Waals surface area (Å²) in [6.45, 7) is 0. The van der Waals surface area contributed by atoms with Crippen molar-refractivity contribution in [3.05, 3.63) is 71.3 Å². The van der Waals surface area contributed by atoms with Crippen molar-refractivity contribution in [2.75, 3.05) is 0 Å². The van der Waals surface area contributed by atoms with E-state index < -0.39 is 0 Å². The largest absolute Gasteiger partial charge is 0.442 e. The SMILES string of the molecule is O=C1O[C@H]2Cc3ccccc3[C@H]2N1C#Cc1ccccc1. The molecule has 0 aromatic heterocycles. The smallest absolute Gasteiger partial charge is 0.422 e. The molecule has 0 spiro atoms. The van der Waals surface area contributed by atoms with Gasteiger partial charge < -0.3 is 4.74 Å². The monoisotopic (exact) mass is 275 g/mol.